The number of hydrogen-bond donors (Lipinski definition) is 1. The number of carbonyl (C=O) groups is 1. The van der Waals surface area contributed by atoms with E-state index in [1.165, 1.54) is 42.7 Å². The molecule has 0 radical (unpaired) electrons. The van der Waals surface area contributed by atoms with Crippen LogP contribution in [-0.2, 0) is 6.18 Å². The van der Waals surface area contributed by atoms with E-state index in [0.717, 1.165) is 54.0 Å². The lowest BCUT2D eigenvalue weighted by atomic mass is 9.53. The fourth-order valence-electron chi connectivity index (χ4n) is 6.13. The number of amides is 2. The smallest absolute Gasteiger partial charge is 0.331 e. The Hall–Kier alpha value is -2.09. The third-order valence-electron chi connectivity index (χ3n) is 6.85. The third-order valence-corrected chi connectivity index (χ3v) is 7.75. The molecule has 1 aromatic heterocycles. The van der Waals surface area contributed by atoms with Crippen LogP contribution in [0.2, 0.25) is 0 Å². The van der Waals surface area contributed by atoms with Crippen molar-refractivity contribution in [3.05, 3.63) is 45.7 Å². The molecule has 0 saturated heterocycles. The predicted octanol–water partition coefficient (Wildman–Crippen LogP) is 5.45. The maximum absolute atomic E-state index is 12.9. The van der Waals surface area contributed by atoms with Gasteiger partial charge in [-0.3, -0.25) is 4.57 Å². The van der Waals surface area contributed by atoms with Crippen LogP contribution in [0.15, 0.2) is 35.5 Å². The number of nitrogens with one attached hydrogen (secondary N) is 1. The van der Waals surface area contributed by atoms with E-state index in [0.29, 0.717) is 10.5 Å². The van der Waals surface area contributed by atoms with Crippen molar-refractivity contribution in [1.82, 2.24) is 9.88 Å². The van der Waals surface area contributed by atoms with Crippen LogP contribution in [-0.4, -0.2) is 16.1 Å². The number of alkyl halides is 3. The molecule has 4 nitrogen and oxygen atoms in total. The molecule has 4 aliphatic rings. The van der Waals surface area contributed by atoms with Gasteiger partial charge in [0.1, 0.15) is 0 Å². The zero-order valence-corrected chi connectivity index (χ0v) is 17.5. The number of benzene rings is 1. The zero-order chi connectivity index (χ0) is 21.1. The van der Waals surface area contributed by atoms with Crippen LogP contribution in [0, 0.1) is 24.7 Å². The van der Waals surface area contributed by atoms with Gasteiger partial charge in [0, 0.05) is 22.3 Å². The van der Waals surface area contributed by atoms with Crippen LogP contribution in [0.4, 0.5) is 18.0 Å². The van der Waals surface area contributed by atoms with E-state index >= 15 is 0 Å². The van der Waals surface area contributed by atoms with Crippen LogP contribution in [0.3, 0.4) is 0 Å². The van der Waals surface area contributed by atoms with Gasteiger partial charge in [0.2, 0.25) is 0 Å². The van der Waals surface area contributed by atoms with Gasteiger partial charge in [-0.05, 0) is 87.5 Å². The van der Waals surface area contributed by atoms with Crippen LogP contribution in [0.25, 0.3) is 5.69 Å². The first kappa shape index (κ1) is 19.8. The molecular formula is C22H24F3N3OS. The fourth-order valence-corrected chi connectivity index (χ4v) is 6.97. The number of hydrogen-bond acceptors (Lipinski definition) is 2. The van der Waals surface area contributed by atoms with Gasteiger partial charge in [0.15, 0.2) is 4.80 Å². The van der Waals surface area contributed by atoms with E-state index in [9.17, 15) is 18.0 Å². The number of thiazole rings is 1. The maximum Gasteiger partial charge on any atom is 0.416 e. The summed E-state index contributed by atoms with van der Waals surface area (Å²) in [5, 5.41) is 3.23. The average molecular weight is 436 g/mol. The fraction of sp³-hybridized carbons (Fsp3) is 0.545. The summed E-state index contributed by atoms with van der Waals surface area (Å²) in [6.07, 6.45) is 4.44. The quantitative estimate of drug-likeness (QED) is 0.670. The van der Waals surface area contributed by atoms with Crippen LogP contribution >= 0.6 is 11.3 Å². The molecule has 0 aliphatic heterocycles. The number of nitrogens with zero attached hydrogens (tertiary/aromatic N) is 2. The Morgan fingerprint density at radius 1 is 1.10 bits per heavy atom. The summed E-state index contributed by atoms with van der Waals surface area (Å²) >= 11 is 1.35. The van der Waals surface area contributed by atoms with E-state index < -0.39 is 11.7 Å². The average Bonchev–Trinajstić information content (AvgIpc) is 2.99. The minimum absolute atomic E-state index is 0.124. The number of urea groups is 1. The summed E-state index contributed by atoms with van der Waals surface area (Å²) in [6.45, 7) is 1.89. The second-order valence-corrected chi connectivity index (χ2v) is 10.5. The summed E-state index contributed by atoms with van der Waals surface area (Å²) in [5.41, 5.74) is -0.272. The predicted molar refractivity (Wildman–Crippen MR) is 108 cm³/mol. The number of aryl methyl sites for hydroxylation is 1. The van der Waals surface area contributed by atoms with Gasteiger partial charge >= 0.3 is 12.2 Å². The molecular weight excluding hydrogens is 411 g/mol. The number of carbonyl (C=O) groups excluding carboxylic acids is 1. The highest BCUT2D eigenvalue weighted by atomic mass is 32.1. The molecule has 4 fully saturated rings. The molecule has 160 valence electrons. The van der Waals surface area contributed by atoms with E-state index in [1.807, 2.05) is 6.92 Å². The van der Waals surface area contributed by atoms with Crippen molar-refractivity contribution < 1.29 is 18.0 Å². The van der Waals surface area contributed by atoms with Gasteiger partial charge in [-0.2, -0.15) is 18.2 Å². The number of aromatic nitrogens is 1. The second kappa shape index (κ2) is 6.97. The lowest BCUT2D eigenvalue weighted by molar-refractivity contribution is -0.137. The summed E-state index contributed by atoms with van der Waals surface area (Å²) in [5.74, 6) is 2.16. The highest BCUT2D eigenvalue weighted by molar-refractivity contribution is 7.09. The first-order chi connectivity index (χ1) is 14.2. The molecule has 6 rings (SSSR count). The Bertz CT molecular complexity index is 1000. The van der Waals surface area contributed by atoms with E-state index in [4.69, 9.17) is 0 Å². The van der Waals surface area contributed by atoms with Gasteiger partial charge in [-0.25, -0.2) is 4.79 Å². The summed E-state index contributed by atoms with van der Waals surface area (Å²) in [7, 11) is 0. The number of halogens is 3. The van der Waals surface area contributed by atoms with Crippen LogP contribution in [0.5, 0.6) is 0 Å². The first-order valence-electron chi connectivity index (χ1n) is 10.4. The molecule has 1 N–H and O–H groups in total. The molecule has 4 saturated carbocycles. The van der Waals surface area contributed by atoms with E-state index in [2.05, 4.69) is 10.3 Å². The highest BCUT2D eigenvalue weighted by Gasteiger charge is 2.51. The molecule has 8 heteroatoms. The molecule has 30 heavy (non-hydrogen) atoms. The zero-order valence-electron chi connectivity index (χ0n) is 16.7. The molecule has 4 aliphatic carbocycles. The third kappa shape index (κ3) is 3.70. The van der Waals surface area contributed by atoms with Crippen molar-refractivity contribution in [2.24, 2.45) is 22.7 Å². The molecule has 2 aromatic rings. The van der Waals surface area contributed by atoms with Crippen molar-refractivity contribution in [2.45, 2.75) is 57.2 Å². The second-order valence-electron chi connectivity index (χ2n) is 9.28. The molecule has 1 aromatic carbocycles. The van der Waals surface area contributed by atoms with Gasteiger partial charge < -0.3 is 5.32 Å². The van der Waals surface area contributed by atoms with E-state index in [-0.39, 0.29) is 11.6 Å². The normalized spacial score (nSPS) is 30.7. The van der Waals surface area contributed by atoms with Crippen molar-refractivity contribution in [3.8, 4) is 5.69 Å². The number of rotatable bonds is 2. The Balaban J connectivity index is 1.40. The maximum atomic E-state index is 12.9. The van der Waals surface area contributed by atoms with Gasteiger partial charge in [0.05, 0.1) is 5.56 Å². The van der Waals surface area contributed by atoms with Crippen LogP contribution in [0.1, 0.15) is 49.0 Å². The topological polar surface area (TPSA) is 46.4 Å². The lowest BCUT2D eigenvalue weighted by Crippen LogP contribution is -2.59. The Morgan fingerprint density at radius 3 is 2.20 bits per heavy atom. The molecule has 0 unspecified atom stereocenters. The molecule has 1 heterocycles. The SMILES string of the molecule is Cc1cn(-c2ccc(C(F)(F)F)cc2)c(=NC(=O)NC23CC4CC(CC(C4)C2)C3)s1. The first-order valence-corrected chi connectivity index (χ1v) is 11.2. The molecule has 2 amide bonds. The lowest BCUT2D eigenvalue weighted by Gasteiger charge is -2.56. The van der Waals surface area contributed by atoms with Crippen molar-refractivity contribution in [3.63, 3.8) is 0 Å². The van der Waals surface area contributed by atoms with Gasteiger partial charge in [-0.15, -0.1) is 11.3 Å². The minimum Gasteiger partial charge on any atom is -0.331 e. The van der Waals surface area contributed by atoms with Crippen molar-refractivity contribution in [2.75, 3.05) is 0 Å². The van der Waals surface area contributed by atoms with Crippen LogP contribution < -0.4 is 10.1 Å². The van der Waals surface area contributed by atoms with Crippen molar-refractivity contribution >= 4 is 17.4 Å². The summed E-state index contributed by atoms with van der Waals surface area (Å²) < 4.78 is 40.2. The molecule has 4 bridgehead atoms. The summed E-state index contributed by atoms with van der Waals surface area (Å²) in [6, 6.07) is 4.57. The highest BCUT2D eigenvalue weighted by Crippen LogP contribution is 2.55. The monoisotopic (exact) mass is 435 g/mol. The summed E-state index contributed by atoms with van der Waals surface area (Å²) in [4.78, 5) is 18.5. The Morgan fingerprint density at radius 2 is 1.67 bits per heavy atom. The van der Waals surface area contributed by atoms with E-state index in [1.54, 1.807) is 10.8 Å². The minimum atomic E-state index is -4.38. The Kier molecular flexibility index (Phi) is 4.61. The van der Waals surface area contributed by atoms with Gasteiger partial charge in [-0.1, -0.05) is 0 Å². The van der Waals surface area contributed by atoms with Crippen molar-refractivity contribution in [1.29, 1.82) is 0 Å². The standard InChI is InChI=1S/C22H24F3N3OS/c1-13-12-28(18-4-2-17(3-5-18)22(23,24)25)20(30-13)26-19(29)27-21-9-14-6-15(10-21)8-16(7-14)11-21/h2-5,12,14-16H,6-11H2,1H3,(H,27,29). The molecule has 0 spiro atoms. The largest absolute Gasteiger partial charge is 0.416 e. The molecule has 0 atom stereocenters. The Labute approximate surface area is 176 Å². The van der Waals surface area contributed by atoms with Gasteiger partial charge in [0.25, 0.3) is 0 Å².